The van der Waals surface area contributed by atoms with Crippen molar-refractivity contribution < 1.29 is 14.5 Å². The van der Waals surface area contributed by atoms with Gasteiger partial charge in [-0.1, -0.05) is 84.9 Å². The summed E-state index contributed by atoms with van der Waals surface area (Å²) in [6, 6.07) is 30.4. The number of hydrogen-bond donors (Lipinski definition) is 2. The lowest BCUT2D eigenvalue weighted by atomic mass is 9.79. The van der Waals surface area contributed by atoms with E-state index < -0.39 is 7.12 Å². The molecule has 0 bridgehead atoms. The van der Waals surface area contributed by atoms with Crippen molar-refractivity contribution in [2.45, 2.75) is 0 Å². The van der Waals surface area contributed by atoms with E-state index in [4.69, 9.17) is 19.4 Å². The minimum absolute atomic E-state index is 0.385. The van der Waals surface area contributed by atoms with Gasteiger partial charge in [0.2, 0.25) is 0 Å². The summed E-state index contributed by atoms with van der Waals surface area (Å²) in [4.78, 5) is 14.4. The van der Waals surface area contributed by atoms with Gasteiger partial charge >= 0.3 is 7.12 Å². The Hall–Kier alpha value is -4.33. The van der Waals surface area contributed by atoms with Crippen LogP contribution in [0.3, 0.4) is 0 Å². The van der Waals surface area contributed by atoms with Crippen molar-refractivity contribution in [3.8, 4) is 34.2 Å². The molecule has 2 aromatic heterocycles. The van der Waals surface area contributed by atoms with Crippen LogP contribution in [-0.4, -0.2) is 32.1 Å². The second-order valence-corrected chi connectivity index (χ2v) is 7.95. The van der Waals surface area contributed by atoms with E-state index in [9.17, 15) is 10.0 Å². The number of aromatic nitrogens is 3. The Morgan fingerprint density at radius 2 is 1.21 bits per heavy atom. The average molecular weight is 443 g/mol. The van der Waals surface area contributed by atoms with E-state index in [1.165, 1.54) is 0 Å². The van der Waals surface area contributed by atoms with Crippen LogP contribution in [0.15, 0.2) is 101 Å². The van der Waals surface area contributed by atoms with Crippen molar-refractivity contribution in [2.75, 3.05) is 0 Å². The maximum absolute atomic E-state index is 9.70. The first kappa shape index (κ1) is 20.3. The molecule has 7 heteroatoms. The molecular weight excluding hydrogens is 425 g/mol. The van der Waals surface area contributed by atoms with Crippen LogP contribution in [0.4, 0.5) is 0 Å². The van der Waals surface area contributed by atoms with Crippen LogP contribution in [0.1, 0.15) is 0 Å². The molecule has 2 N–H and O–H groups in total. The summed E-state index contributed by atoms with van der Waals surface area (Å²) < 4.78 is 6.04. The number of benzene rings is 4. The molecule has 0 aliphatic carbocycles. The summed E-state index contributed by atoms with van der Waals surface area (Å²) in [5.74, 6) is 1.65. The molecule has 0 aliphatic heterocycles. The Morgan fingerprint density at radius 3 is 1.82 bits per heavy atom. The van der Waals surface area contributed by atoms with Crippen molar-refractivity contribution in [2.24, 2.45) is 0 Å². The highest BCUT2D eigenvalue weighted by Crippen LogP contribution is 2.36. The number of rotatable bonds is 4. The van der Waals surface area contributed by atoms with Crippen LogP contribution in [0.25, 0.3) is 56.1 Å². The molecule has 0 radical (unpaired) electrons. The standard InChI is InChI=1S/C27H18BN3O3/c32-28(33)19-14-15-22-21(16-19)24-20(12-7-13-23(24)34-22)27-30-25(17-8-3-1-4-9-17)29-26(31-27)18-10-5-2-6-11-18/h1-16,32-33H. The first-order valence-electron chi connectivity index (χ1n) is 10.9. The molecule has 2 heterocycles. The maximum atomic E-state index is 9.70. The van der Waals surface area contributed by atoms with E-state index in [2.05, 4.69) is 0 Å². The first-order chi connectivity index (χ1) is 16.7. The Labute approximate surface area is 195 Å². The molecule has 34 heavy (non-hydrogen) atoms. The van der Waals surface area contributed by atoms with Crippen molar-refractivity contribution >= 4 is 34.5 Å². The number of nitrogens with zero attached hydrogens (tertiary/aromatic N) is 3. The number of fused-ring (bicyclic) bond motifs is 3. The van der Waals surface area contributed by atoms with Gasteiger partial charge in [-0.15, -0.1) is 0 Å². The highest BCUT2D eigenvalue weighted by Gasteiger charge is 2.19. The van der Waals surface area contributed by atoms with Gasteiger partial charge in [0, 0.05) is 27.5 Å². The third kappa shape index (κ3) is 3.53. The summed E-state index contributed by atoms with van der Waals surface area (Å²) in [6.45, 7) is 0. The van der Waals surface area contributed by atoms with Gasteiger partial charge in [-0.05, 0) is 17.6 Å². The van der Waals surface area contributed by atoms with Crippen molar-refractivity contribution in [1.82, 2.24) is 15.0 Å². The van der Waals surface area contributed by atoms with E-state index in [0.29, 0.717) is 34.1 Å². The molecule has 4 aromatic carbocycles. The molecule has 0 unspecified atom stereocenters. The Morgan fingerprint density at radius 1 is 0.588 bits per heavy atom. The van der Waals surface area contributed by atoms with Gasteiger partial charge in [0.25, 0.3) is 0 Å². The topological polar surface area (TPSA) is 92.3 Å². The predicted octanol–water partition coefficient (Wildman–Crippen LogP) is 4.45. The van der Waals surface area contributed by atoms with Gasteiger partial charge in [0.1, 0.15) is 11.2 Å². The summed E-state index contributed by atoms with van der Waals surface area (Å²) in [6.07, 6.45) is 0. The van der Waals surface area contributed by atoms with Gasteiger partial charge in [0.15, 0.2) is 17.5 Å². The van der Waals surface area contributed by atoms with Crippen LogP contribution < -0.4 is 5.46 Å². The zero-order chi connectivity index (χ0) is 23.1. The van der Waals surface area contributed by atoms with Crippen LogP contribution in [0, 0.1) is 0 Å². The normalized spacial score (nSPS) is 11.2. The number of hydrogen-bond acceptors (Lipinski definition) is 6. The van der Waals surface area contributed by atoms with E-state index >= 15 is 0 Å². The lowest BCUT2D eigenvalue weighted by Gasteiger charge is -2.09. The summed E-state index contributed by atoms with van der Waals surface area (Å²) >= 11 is 0. The Bertz CT molecular complexity index is 1580. The summed E-state index contributed by atoms with van der Waals surface area (Å²) in [7, 11) is -1.58. The Balaban J connectivity index is 1.64. The molecule has 0 saturated carbocycles. The lowest BCUT2D eigenvalue weighted by molar-refractivity contribution is 0.426. The minimum atomic E-state index is -1.58. The van der Waals surface area contributed by atoms with Gasteiger partial charge in [-0.3, -0.25) is 0 Å². The SMILES string of the molecule is OB(O)c1ccc2oc3cccc(-c4nc(-c5ccccc5)nc(-c5ccccc5)n4)c3c2c1. The largest absolute Gasteiger partial charge is 0.488 e. The molecule has 0 aliphatic rings. The van der Waals surface area contributed by atoms with Gasteiger partial charge in [-0.25, -0.2) is 15.0 Å². The quantitative estimate of drug-likeness (QED) is 0.391. The van der Waals surface area contributed by atoms with E-state index in [1.807, 2.05) is 78.9 Å². The maximum Gasteiger partial charge on any atom is 0.488 e. The molecule has 0 spiro atoms. The van der Waals surface area contributed by atoms with Crippen LogP contribution >= 0.6 is 0 Å². The molecule has 162 valence electrons. The van der Waals surface area contributed by atoms with Crippen molar-refractivity contribution in [3.05, 3.63) is 97.1 Å². The third-order valence-electron chi connectivity index (χ3n) is 5.76. The van der Waals surface area contributed by atoms with Crippen LogP contribution in [-0.2, 0) is 0 Å². The molecule has 6 aromatic rings. The molecule has 0 saturated heterocycles. The fraction of sp³-hybridized carbons (Fsp3) is 0. The van der Waals surface area contributed by atoms with E-state index in [-0.39, 0.29) is 0 Å². The highest BCUT2D eigenvalue weighted by atomic mass is 16.4. The molecule has 0 fully saturated rings. The second-order valence-electron chi connectivity index (χ2n) is 7.95. The highest BCUT2D eigenvalue weighted by molar-refractivity contribution is 6.59. The Kier molecular flexibility index (Phi) is 4.91. The smallest absolute Gasteiger partial charge is 0.456 e. The van der Waals surface area contributed by atoms with Crippen molar-refractivity contribution in [3.63, 3.8) is 0 Å². The molecule has 6 rings (SSSR count). The average Bonchev–Trinajstić information content (AvgIpc) is 3.27. The fourth-order valence-electron chi connectivity index (χ4n) is 4.12. The third-order valence-corrected chi connectivity index (χ3v) is 5.76. The zero-order valence-electron chi connectivity index (χ0n) is 18.0. The van der Waals surface area contributed by atoms with Crippen LogP contribution in [0.2, 0.25) is 0 Å². The summed E-state index contributed by atoms with van der Waals surface area (Å²) in [5, 5.41) is 21.0. The van der Waals surface area contributed by atoms with Gasteiger partial charge in [-0.2, -0.15) is 0 Å². The van der Waals surface area contributed by atoms with Gasteiger partial charge < -0.3 is 14.5 Å². The summed E-state index contributed by atoms with van der Waals surface area (Å²) in [5.41, 5.74) is 4.25. The van der Waals surface area contributed by atoms with E-state index in [1.54, 1.807) is 18.2 Å². The second kappa shape index (κ2) is 8.22. The molecule has 6 nitrogen and oxygen atoms in total. The molecule has 0 atom stereocenters. The fourth-order valence-corrected chi connectivity index (χ4v) is 4.12. The lowest BCUT2D eigenvalue weighted by Crippen LogP contribution is -2.29. The van der Waals surface area contributed by atoms with Crippen LogP contribution in [0.5, 0.6) is 0 Å². The minimum Gasteiger partial charge on any atom is -0.456 e. The van der Waals surface area contributed by atoms with E-state index in [0.717, 1.165) is 27.5 Å². The predicted molar refractivity (Wildman–Crippen MR) is 133 cm³/mol. The zero-order valence-corrected chi connectivity index (χ0v) is 18.0. The first-order valence-corrected chi connectivity index (χ1v) is 10.9. The van der Waals surface area contributed by atoms with Crippen molar-refractivity contribution in [1.29, 1.82) is 0 Å². The number of furan rings is 1. The molecular formula is C27H18BN3O3. The van der Waals surface area contributed by atoms with Gasteiger partial charge in [0.05, 0.1) is 0 Å². The molecule has 0 amide bonds. The monoisotopic (exact) mass is 443 g/mol.